The molecule has 1 N–H and O–H groups in total. The SMILES string of the molecule is CO[C@H](C)c1cccc(-c2cn[nH]c2-c2ccncc2)c1. The van der Waals surface area contributed by atoms with Crippen molar-refractivity contribution in [1.82, 2.24) is 15.2 Å². The van der Waals surface area contributed by atoms with Crippen LogP contribution in [0.4, 0.5) is 0 Å². The first kappa shape index (κ1) is 13.5. The molecule has 2 heterocycles. The van der Waals surface area contributed by atoms with Gasteiger partial charge in [0.05, 0.1) is 18.0 Å². The van der Waals surface area contributed by atoms with Gasteiger partial charge in [-0.3, -0.25) is 10.1 Å². The molecule has 2 aromatic heterocycles. The number of H-pyrrole nitrogens is 1. The Hall–Kier alpha value is -2.46. The number of aromatic amines is 1. The molecule has 3 aromatic rings. The second-order valence-electron chi connectivity index (χ2n) is 4.90. The van der Waals surface area contributed by atoms with Crippen molar-refractivity contribution >= 4 is 0 Å². The fourth-order valence-corrected chi connectivity index (χ4v) is 2.34. The molecule has 106 valence electrons. The highest BCUT2D eigenvalue weighted by atomic mass is 16.5. The number of ether oxygens (including phenoxy) is 1. The number of hydrogen-bond donors (Lipinski definition) is 1. The van der Waals surface area contributed by atoms with E-state index < -0.39 is 0 Å². The molecule has 0 aliphatic heterocycles. The van der Waals surface area contributed by atoms with Crippen molar-refractivity contribution in [2.45, 2.75) is 13.0 Å². The second kappa shape index (κ2) is 5.89. The van der Waals surface area contributed by atoms with Crippen molar-refractivity contribution in [3.05, 3.63) is 60.6 Å². The maximum atomic E-state index is 5.39. The maximum Gasteiger partial charge on any atom is 0.0793 e. The van der Waals surface area contributed by atoms with Crippen LogP contribution in [0.2, 0.25) is 0 Å². The average Bonchev–Trinajstić information content (AvgIpc) is 3.04. The number of rotatable bonds is 4. The number of methoxy groups -OCH3 is 1. The van der Waals surface area contributed by atoms with E-state index >= 15 is 0 Å². The molecule has 0 saturated carbocycles. The van der Waals surface area contributed by atoms with Gasteiger partial charge in [-0.25, -0.2) is 0 Å². The molecule has 0 radical (unpaired) electrons. The zero-order chi connectivity index (χ0) is 14.7. The quantitative estimate of drug-likeness (QED) is 0.789. The van der Waals surface area contributed by atoms with Crippen LogP contribution in [-0.4, -0.2) is 22.3 Å². The molecule has 3 rings (SSSR count). The zero-order valence-electron chi connectivity index (χ0n) is 12.1. The van der Waals surface area contributed by atoms with Crippen LogP contribution in [-0.2, 0) is 4.74 Å². The van der Waals surface area contributed by atoms with Gasteiger partial charge in [-0.05, 0) is 36.2 Å². The standard InChI is InChI=1S/C17H17N3O/c1-12(21-2)14-4-3-5-15(10-14)16-11-19-20-17(16)13-6-8-18-9-7-13/h3-12H,1-2H3,(H,19,20)/t12-/m1/s1. The third-order valence-electron chi connectivity index (χ3n) is 3.63. The van der Waals surface area contributed by atoms with Crippen LogP contribution in [0.1, 0.15) is 18.6 Å². The van der Waals surface area contributed by atoms with Gasteiger partial charge in [-0.2, -0.15) is 5.10 Å². The first-order valence-electron chi connectivity index (χ1n) is 6.86. The van der Waals surface area contributed by atoms with Crippen LogP contribution in [0.3, 0.4) is 0 Å². The molecule has 0 aliphatic rings. The molecule has 21 heavy (non-hydrogen) atoms. The molecule has 0 aliphatic carbocycles. The Bertz CT molecular complexity index is 722. The fourth-order valence-electron chi connectivity index (χ4n) is 2.34. The van der Waals surface area contributed by atoms with E-state index in [1.807, 2.05) is 31.3 Å². The molecule has 1 aromatic carbocycles. The Morgan fingerprint density at radius 3 is 2.67 bits per heavy atom. The minimum absolute atomic E-state index is 0.0706. The topological polar surface area (TPSA) is 50.8 Å². The highest BCUT2D eigenvalue weighted by Gasteiger charge is 2.11. The van der Waals surface area contributed by atoms with Crippen LogP contribution in [0, 0.1) is 0 Å². The molecule has 0 unspecified atom stereocenters. The van der Waals surface area contributed by atoms with Gasteiger partial charge in [0, 0.05) is 30.6 Å². The van der Waals surface area contributed by atoms with E-state index in [1.165, 1.54) is 0 Å². The molecular formula is C17H17N3O. The van der Waals surface area contributed by atoms with E-state index in [0.29, 0.717) is 0 Å². The summed E-state index contributed by atoms with van der Waals surface area (Å²) in [6.45, 7) is 2.04. The van der Waals surface area contributed by atoms with Crippen LogP contribution in [0.25, 0.3) is 22.4 Å². The molecular weight excluding hydrogens is 262 g/mol. The van der Waals surface area contributed by atoms with E-state index in [2.05, 4.69) is 33.4 Å². The highest BCUT2D eigenvalue weighted by molar-refractivity contribution is 5.80. The summed E-state index contributed by atoms with van der Waals surface area (Å²) < 4.78 is 5.39. The summed E-state index contributed by atoms with van der Waals surface area (Å²) in [7, 11) is 1.72. The number of pyridine rings is 1. The van der Waals surface area contributed by atoms with Gasteiger partial charge in [0.15, 0.2) is 0 Å². The molecule has 0 spiro atoms. The normalized spacial score (nSPS) is 12.3. The minimum atomic E-state index is 0.0706. The summed E-state index contributed by atoms with van der Waals surface area (Å²) in [4.78, 5) is 4.06. The molecule has 0 amide bonds. The van der Waals surface area contributed by atoms with Gasteiger partial charge < -0.3 is 4.74 Å². The summed E-state index contributed by atoms with van der Waals surface area (Å²) in [6, 6.07) is 12.3. The van der Waals surface area contributed by atoms with E-state index in [1.54, 1.807) is 19.5 Å². The number of benzene rings is 1. The molecule has 1 atom stereocenters. The third-order valence-corrected chi connectivity index (χ3v) is 3.63. The Morgan fingerprint density at radius 1 is 1.10 bits per heavy atom. The predicted molar refractivity (Wildman–Crippen MR) is 82.7 cm³/mol. The summed E-state index contributed by atoms with van der Waals surface area (Å²) in [5, 5.41) is 7.27. The molecule has 0 bridgehead atoms. The van der Waals surface area contributed by atoms with Crippen molar-refractivity contribution in [2.75, 3.05) is 7.11 Å². The van der Waals surface area contributed by atoms with Crippen LogP contribution in [0.15, 0.2) is 55.0 Å². The van der Waals surface area contributed by atoms with E-state index in [-0.39, 0.29) is 6.10 Å². The third kappa shape index (κ3) is 2.71. The van der Waals surface area contributed by atoms with Gasteiger partial charge in [-0.1, -0.05) is 18.2 Å². The van der Waals surface area contributed by atoms with Gasteiger partial charge in [0.1, 0.15) is 0 Å². The van der Waals surface area contributed by atoms with Crippen molar-refractivity contribution in [3.63, 3.8) is 0 Å². The minimum Gasteiger partial charge on any atom is -0.377 e. The summed E-state index contributed by atoms with van der Waals surface area (Å²) in [5.74, 6) is 0. The largest absolute Gasteiger partial charge is 0.377 e. The maximum absolute atomic E-state index is 5.39. The van der Waals surface area contributed by atoms with Crippen molar-refractivity contribution in [3.8, 4) is 22.4 Å². The van der Waals surface area contributed by atoms with Gasteiger partial charge in [0.25, 0.3) is 0 Å². The number of nitrogens with zero attached hydrogens (tertiary/aromatic N) is 2. The lowest BCUT2D eigenvalue weighted by molar-refractivity contribution is 0.119. The lowest BCUT2D eigenvalue weighted by atomic mass is 9.99. The first-order chi connectivity index (χ1) is 10.3. The van der Waals surface area contributed by atoms with E-state index in [9.17, 15) is 0 Å². The summed E-state index contributed by atoms with van der Waals surface area (Å²) >= 11 is 0. The van der Waals surface area contributed by atoms with Crippen molar-refractivity contribution in [1.29, 1.82) is 0 Å². The fraction of sp³-hybridized carbons (Fsp3) is 0.176. The molecule has 0 saturated heterocycles. The van der Waals surface area contributed by atoms with Crippen molar-refractivity contribution < 1.29 is 4.74 Å². The summed E-state index contributed by atoms with van der Waals surface area (Å²) in [5.41, 5.74) is 5.42. The number of nitrogens with one attached hydrogen (secondary N) is 1. The first-order valence-corrected chi connectivity index (χ1v) is 6.86. The average molecular weight is 279 g/mol. The van der Waals surface area contributed by atoms with Crippen LogP contribution in [0.5, 0.6) is 0 Å². The van der Waals surface area contributed by atoms with Gasteiger partial charge >= 0.3 is 0 Å². The number of hydrogen-bond acceptors (Lipinski definition) is 3. The van der Waals surface area contributed by atoms with Crippen LogP contribution < -0.4 is 0 Å². The monoisotopic (exact) mass is 279 g/mol. The Balaban J connectivity index is 2.05. The zero-order valence-corrected chi connectivity index (χ0v) is 12.1. The smallest absolute Gasteiger partial charge is 0.0793 e. The Morgan fingerprint density at radius 2 is 1.90 bits per heavy atom. The second-order valence-corrected chi connectivity index (χ2v) is 4.90. The van der Waals surface area contributed by atoms with E-state index in [4.69, 9.17) is 4.74 Å². The Labute approximate surface area is 123 Å². The lowest BCUT2D eigenvalue weighted by Gasteiger charge is -2.11. The lowest BCUT2D eigenvalue weighted by Crippen LogP contribution is -1.95. The molecule has 4 heteroatoms. The number of aromatic nitrogens is 3. The van der Waals surface area contributed by atoms with Gasteiger partial charge in [0.2, 0.25) is 0 Å². The highest BCUT2D eigenvalue weighted by Crippen LogP contribution is 2.31. The Kier molecular flexibility index (Phi) is 3.79. The molecule has 4 nitrogen and oxygen atoms in total. The van der Waals surface area contributed by atoms with Crippen molar-refractivity contribution in [2.24, 2.45) is 0 Å². The van der Waals surface area contributed by atoms with Crippen LogP contribution >= 0.6 is 0 Å². The summed E-state index contributed by atoms with van der Waals surface area (Å²) in [6.07, 6.45) is 5.49. The van der Waals surface area contributed by atoms with E-state index in [0.717, 1.165) is 27.9 Å². The predicted octanol–water partition coefficient (Wildman–Crippen LogP) is 3.85. The van der Waals surface area contributed by atoms with Gasteiger partial charge in [-0.15, -0.1) is 0 Å². The molecule has 0 fully saturated rings.